The lowest BCUT2D eigenvalue weighted by molar-refractivity contribution is 0.624. The number of fused-ring (bicyclic) bond motifs is 1. The zero-order valence-electron chi connectivity index (χ0n) is 11.5. The molecule has 1 heteroatoms. The monoisotopic (exact) mass is 251 g/mol. The second-order valence-electron chi connectivity index (χ2n) is 5.37. The Bertz CT molecular complexity index is 542. The Morgan fingerprint density at radius 1 is 1.00 bits per heavy atom. The Kier molecular flexibility index (Phi) is 3.54. The van der Waals surface area contributed by atoms with Crippen molar-refractivity contribution in [3.05, 3.63) is 65.2 Å². The molecule has 0 aromatic heterocycles. The first kappa shape index (κ1) is 12.3. The van der Waals surface area contributed by atoms with E-state index < -0.39 is 0 Å². The highest BCUT2D eigenvalue weighted by molar-refractivity contribution is 5.55. The second kappa shape index (κ2) is 5.48. The fourth-order valence-corrected chi connectivity index (χ4v) is 2.96. The van der Waals surface area contributed by atoms with Gasteiger partial charge in [0.25, 0.3) is 0 Å². The third-order valence-electron chi connectivity index (χ3n) is 4.12. The minimum atomic E-state index is 0.657. The van der Waals surface area contributed by atoms with E-state index in [1.54, 1.807) is 0 Å². The summed E-state index contributed by atoms with van der Waals surface area (Å²) in [5, 5.41) is 3.50. The first-order valence-corrected chi connectivity index (χ1v) is 7.27. The highest BCUT2D eigenvalue weighted by Crippen LogP contribution is 2.33. The van der Waals surface area contributed by atoms with E-state index in [9.17, 15) is 0 Å². The van der Waals surface area contributed by atoms with Crippen LogP contribution in [0.1, 0.15) is 36.0 Å². The molecule has 0 amide bonds. The van der Waals surface area contributed by atoms with Crippen LogP contribution in [0, 0.1) is 0 Å². The van der Waals surface area contributed by atoms with Crippen LogP contribution in [0.4, 0.5) is 5.69 Å². The Hall–Kier alpha value is -1.76. The molecule has 1 N–H and O–H groups in total. The van der Waals surface area contributed by atoms with E-state index in [1.165, 1.54) is 28.8 Å². The summed E-state index contributed by atoms with van der Waals surface area (Å²) < 4.78 is 0. The van der Waals surface area contributed by atoms with E-state index in [4.69, 9.17) is 0 Å². The molecule has 1 unspecified atom stereocenters. The Morgan fingerprint density at radius 2 is 1.74 bits per heavy atom. The summed E-state index contributed by atoms with van der Waals surface area (Å²) in [4.78, 5) is 0. The SMILES string of the molecule is CCc1ccc(CC2CCNc3ccccc32)cc1. The van der Waals surface area contributed by atoms with Crippen molar-refractivity contribution in [1.82, 2.24) is 0 Å². The van der Waals surface area contributed by atoms with Crippen LogP contribution in [0.3, 0.4) is 0 Å². The summed E-state index contributed by atoms with van der Waals surface area (Å²) in [5.74, 6) is 0.657. The predicted molar refractivity (Wildman–Crippen MR) is 81.8 cm³/mol. The van der Waals surface area contributed by atoms with Crippen molar-refractivity contribution in [3.63, 3.8) is 0 Å². The highest BCUT2D eigenvalue weighted by atomic mass is 14.9. The zero-order chi connectivity index (χ0) is 13.1. The van der Waals surface area contributed by atoms with Gasteiger partial charge in [-0.3, -0.25) is 0 Å². The zero-order valence-corrected chi connectivity index (χ0v) is 11.5. The summed E-state index contributed by atoms with van der Waals surface area (Å²) in [6.45, 7) is 3.30. The molecule has 0 saturated heterocycles. The number of rotatable bonds is 3. The third kappa shape index (κ3) is 2.65. The molecule has 19 heavy (non-hydrogen) atoms. The van der Waals surface area contributed by atoms with Crippen molar-refractivity contribution < 1.29 is 0 Å². The maximum absolute atomic E-state index is 3.50. The van der Waals surface area contributed by atoms with Gasteiger partial charge < -0.3 is 5.32 Å². The predicted octanol–water partition coefficient (Wildman–Crippen LogP) is 4.39. The lowest BCUT2D eigenvalue weighted by Gasteiger charge is -2.26. The number of benzene rings is 2. The quantitative estimate of drug-likeness (QED) is 0.853. The van der Waals surface area contributed by atoms with Crippen molar-refractivity contribution in [2.45, 2.75) is 32.1 Å². The normalized spacial score (nSPS) is 17.6. The first-order chi connectivity index (χ1) is 9.36. The van der Waals surface area contributed by atoms with Crippen LogP contribution < -0.4 is 5.32 Å². The van der Waals surface area contributed by atoms with E-state index in [0.29, 0.717) is 5.92 Å². The van der Waals surface area contributed by atoms with Crippen LogP contribution in [-0.4, -0.2) is 6.54 Å². The van der Waals surface area contributed by atoms with Gasteiger partial charge in [-0.2, -0.15) is 0 Å². The summed E-state index contributed by atoms with van der Waals surface area (Å²) in [5.41, 5.74) is 5.69. The van der Waals surface area contributed by atoms with Crippen LogP contribution in [0.25, 0.3) is 0 Å². The molecule has 1 atom stereocenters. The molecule has 1 aliphatic rings. The summed E-state index contributed by atoms with van der Waals surface area (Å²) in [6.07, 6.45) is 3.51. The molecule has 0 radical (unpaired) electrons. The van der Waals surface area contributed by atoms with Crippen molar-refractivity contribution in [3.8, 4) is 0 Å². The summed E-state index contributed by atoms with van der Waals surface area (Å²) in [6, 6.07) is 17.9. The van der Waals surface area contributed by atoms with Gasteiger partial charge in [-0.25, -0.2) is 0 Å². The minimum Gasteiger partial charge on any atom is -0.385 e. The van der Waals surface area contributed by atoms with E-state index in [-0.39, 0.29) is 0 Å². The van der Waals surface area contributed by atoms with Gasteiger partial charge >= 0.3 is 0 Å². The van der Waals surface area contributed by atoms with E-state index >= 15 is 0 Å². The summed E-state index contributed by atoms with van der Waals surface area (Å²) in [7, 11) is 0. The molecule has 3 rings (SSSR count). The average molecular weight is 251 g/mol. The van der Waals surface area contributed by atoms with Crippen LogP contribution in [0.15, 0.2) is 48.5 Å². The molecule has 0 bridgehead atoms. The van der Waals surface area contributed by atoms with Gasteiger partial charge in [-0.15, -0.1) is 0 Å². The van der Waals surface area contributed by atoms with E-state index in [0.717, 1.165) is 19.4 Å². The van der Waals surface area contributed by atoms with Crippen LogP contribution >= 0.6 is 0 Å². The van der Waals surface area contributed by atoms with Crippen LogP contribution in [0.5, 0.6) is 0 Å². The van der Waals surface area contributed by atoms with Crippen molar-refractivity contribution in [1.29, 1.82) is 0 Å². The van der Waals surface area contributed by atoms with Crippen LogP contribution in [-0.2, 0) is 12.8 Å². The smallest absolute Gasteiger partial charge is 0.0375 e. The Labute approximate surface area is 115 Å². The molecule has 1 aliphatic heterocycles. The largest absolute Gasteiger partial charge is 0.385 e. The summed E-state index contributed by atoms with van der Waals surface area (Å²) >= 11 is 0. The maximum Gasteiger partial charge on any atom is 0.0375 e. The van der Waals surface area contributed by atoms with Crippen molar-refractivity contribution in [2.24, 2.45) is 0 Å². The van der Waals surface area contributed by atoms with E-state index in [2.05, 4.69) is 60.8 Å². The third-order valence-corrected chi connectivity index (χ3v) is 4.12. The molecule has 98 valence electrons. The molecule has 0 saturated carbocycles. The first-order valence-electron chi connectivity index (χ1n) is 7.27. The molecule has 0 spiro atoms. The fourth-order valence-electron chi connectivity index (χ4n) is 2.96. The van der Waals surface area contributed by atoms with Gasteiger partial charge in [0.2, 0.25) is 0 Å². The highest BCUT2D eigenvalue weighted by Gasteiger charge is 2.19. The molecular weight excluding hydrogens is 230 g/mol. The second-order valence-corrected chi connectivity index (χ2v) is 5.37. The van der Waals surface area contributed by atoms with Gasteiger partial charge in [-0.05, 0) is 47.9 Å². The molecular formula is C18H21N. The molecule has 2 aromatic carbocycles. The van der Waals surface area contributed by atoms with Gasteiger partial charge in [0.05, 0.1) is 0 Å². The lowest BCUT2D eigenvalue weighted by atomic mass is 9.86. The number of hydrogen-bond acceptors (Lipinski definition) is 1. The molecule has 0 fully saturated rings. The van der Waals surface area contributed by atoms with E-state index in [1.807, 2.05) is 0 Å². The minimum absolute atomic E-state index is 0.657. The topological polar surface area (TPSA) is 12.0 Å². The molecule has 0 aliphatic carbocycles. The van der Waals surface area contributed by atoms with Gasteiger partial charge in [-0.1, -0.05) is 49.4 Å². The van der Waals surface area contributed by atoms with Crippen molar-refractivity contribution in [2.75, 3.05) is 11.9 Å². The van der Waals surface area contributed by atoms with Crippen molar-refractivity contribution >= 4 is 5.69 Å². The number of anilines is 1. The number of para-hydroxylation sites is 1. The van der Waals surface area contributed by atoms with Gasteiger partial charge in [0.15, 0.2) is 0 Å². The van der Waals surface area contributed by atoms with Crippen LogP contribution in [0.2, 0.25) is 0 Å². The molecule has 1 nitrogen and oxygen atoms in total. The van der Waals surface area contributed by atoms with Gasteiger partial charge in [0, 0.05) is 12.2 Å². The molecule has 1 heterocycles. The number of aryl methyl sites for hydroxylation is 1. The Balaban J connectivity index is 1.80. The Morgan fingerprint density at radius 3 is 2.53 bits per heavy atom. The lowest BCUT2D eigenvalue weighted by Crippen LogP contribution is -2.18. The average Bonchev–Trinajstić information content (AvgIpc) is 2.48. The number of hydrogen-bond donors (Lipinski definition) is 1. The standard InChI is InChI=1S/C18H21N/c1-2-14-7-9-15(10-8-14)13-16-11-12-19-18-6-4-3-5-17(16)18/h3-10,16,19H,2,11-13H2,1H3. The van der Waals surface area contributed by atoms with Gasteiger partial charge in [0.1, 0.15) is 0 Å². The fraction of sp³-hybridized carbons (Fsp3) is 0.333. The number of nitrogens with one attached hydrogen (secondary N) is 1. The molecule has 2 aromatic rings. The maximum atomic E-state index is 3.50.